The lowest BCUT2D eigenvalue weighted by Crippen LogP contribution is -2.24. The Balaban J connectivity index is 2.29. The Hall–Kier alpha value is -1.91. The van der Waals surface area contributed by atoms with Crippen LogP contribution in [-0.4, -0.2) is 20.6 Å². The van der Waals surface area contributed by atoms with Gasteiger partial charge in [-0.2, -0.15) is 0 Å². The van der Waals surface area contributed by atoms with Gasteiger partial charge in [0.25, 0.3) is 5.56 Å². The molecule has 5 heteroatoms. The summed E-state index contributed by atoms with van der Waals surface area (Å²) >= 11 is 0. The first-order chi connectivity index (χ1) is 8.56. The van der Waals surface area contributed by atoms with Crippen molar-refractivity contribution in [3.63, 3.8) is 0 Å². The minimum Gasteiger partial charge on any atom is -0.480 e. The van der Waals surface area contributed by atoms with Gasteiger partial charge in [0.15, 0.2) is 0 Å². The molecule has 0 saturated carbocycles. The monoisotopic (exact) mass is 248 g/mol. The van der Waals surface area contributed by atoms with E-state index in [4.69, 9.17) is 5.11 Å². The highest BCUT2D eigenvalue weighted by atomic mass is 16.4. The van der Waals surface area contributed by atoms with Crippen LogP contribution in [0.25, 0.3) is 5.57 Å². The summed E-state index contributed by atoms with van der Waals surface area (Å²) in [6.45, 7) is 1.88. The molecule has 1 aliphatic rings. The van der Waals surface area contributed by atoms with E-state index in [1.54, 1.807) is 0 Å². The van der Waals surface area contributed by atoms with Crippen molar-refractivity contribution >= 4 is 11.5 Å². The predicted octanol–water partition coefficient (Wildman–Crippen LogP) is 1.53. The minimum absolute atomic E-state index is 0.321. The molecule has 0 bridgehead atoms. The number of hydrogen-bond acceptors (Lipinski definition) is 3. The van der Waals surface area contributed by atoms with E-state index in [2.05, 4.69) is 18.0 Å². The van der Waals surface area contributed by atoms with Crippen molar-refractivity contribution in [3.05, 3.63) is 34.5 Å². The first-order valence-corrected chi connectivity index (χ1v) is 6.04. The number of aromatic nitrogens is 2. The van der Waals surface area contributed by atoms with Crippen molar-refractivity contribution in [2.45, 2.75) is 32.7 Å². The second-order valence-electron chi connectivity index (χ2n) is 4.74. The van der Waals surface area contributed by atoms with Crippen LogP contribution in [0, 0.1) is 5.92 Å². The Labute approximate surface area is 105 Å². The zero-order valence-corrected chi connectivity index (χ0v) is 10.3. The SMILES string of the molecule is CC1CC=C(c2cn(CC(=O)O)c(=O)cn2)CC1. The fourth-order valence-electron chi connectivity index (χ4n) is 2.08. The Morgan fingerprint density at radius 2 is 2.39 bits per heavy atom. The van der Waals surface area contributed by atoms with Crippen LogP contribution >= 0.6 is 0 Å². The van der Waals surface area contributed by atoms with E-state index in [9.17, 15) is 9.59 Å². The number of aliphatic carboxylic acids is 1. The van der Waals surface area contributed by atoms with Gasteiger partial charge in [-0.1, -0.05) is 13.0 Å². The van der Waals surface area contributed by atoms with E-state index in [1.165, 1.54) is 17.0 Å². The first kappa shape index (κ1) is 12.5. The van der Waals surface area contributed by atoms with Crippen molar-refractivity contribution in [2.75, 3.05) is 0 Å². The summed E-state index contributed by atoms with van der Waals surface area (Å²) in [6, 6.07) is 0. The van der Waals surface area contributed by atoms with Gasteiger partial charge in [0, 0.05) is 6.20 Å². The molecule has 1 atom stereocenters. The molecule has 1 unspecified atom stereocenters. The fourth-order valence-corrected chi connectivity index (χ4v) is 2.08. The van der Waals surface area contributed by atoms with Crippen LogP contribution < -0.4 is 5.56 Å². The van der Waals surface area contributed by atoms with Crippen LogP contribution in [0.1, 0.15) is 31.9 Å². The third kappa shape index (κ3) is 2.85. The van der Waals surface area contributed by atoms with E-state index in [-0.39, 0.29) is 12.1 Å². The summed E-state index contributed by atoms with van der Waals surface area (Å²) in [5.74, 6) is -0.348. The normalized spacial score (nSPS) is 19.4. The number of allylic oxidation sites excluding steroid dienone is 2. The Bertz CT molecular complexity index is 545. The largest absolute Gasteiger partial charge is 0.480 e. The summed E-state index contributed by atoms with van der Waals surface area (Å²) in [4.78, 5) is 26.2. The molecule has 0 saturated heterocycles. The molecule has 0 aromatic carbocycles. The van der Waals surface area contributed by atoms with Crippen LogP contribution in [0.2, 0.25) is 0 Å². The highest BCUT2D eigenvalue weighted by Gasteiger charge is 2.13. The maximum absolute atomic E-state index is 11.5. The van der Waals surface area contributed by atoms with E-state index in [1.807, 2.05) is 0 Å². The fraction of sp³-hybridized carbons (Fsp3) is 0.462. The third-order valence-electron chi connectivity index (χ3n) is 3.18. The molecule has 1 aromatic heterocycles. The second-order valence-corrected chi connectivity index (χ2v) is 4.74. The van der Waals surface area contributed by atoms with E-state index in [0.717, 1.165) is 24.8 Å². The van der Waals surface area contributed by atoms with Crippen molar-refractivity contribution in [3.8, 4) is 0 Å². The highest BCUT2D eigenvalue weighted by Crippen LogP contribution is 2.28. The molecule has 0 radical (unpaired) electrons. The lowest BCUT2D eigenvalue weighted by Gasteiger charge is -2.18. The zero-order chi connectivity index (χ0) is 13.1. The maximum atomic E-state index is 11.5. The minimum atomic E-state index is -1.03. The van der Waals surface area contributed by atoms with Crippen LogP contribution in [0.4, 0.5) is 0 Å². The van der Waals surface area contributed by atoms with Crippen LogP contribution in [0.3, 0.4) is 0 Å². The maximum Gasteiger partial charge on any atom is 0.323 e. The summed E-state index contributed by atoms with van der Waals surface area (Å²) in [6.07, 6.45) is 7.90. The summed E-state index contributed by atoms with van der Waals surface area (Å²) in [7, 11) is 0. The highest BCUT2D eigenvalue weighted by molar-refractivity contribution is 5.67. The standard InChI is InChI=1S/C13H16N2O3/c1-9-2-4-10(5-3-9)11-7-15(8-13(17)18)12(16)6-14-11/h4,6-7,9H,2-3,5,8H2,1H3,(H,17,18). The van der Waals surface area contributed by atoms with Gasteiger partial charge in [-0.15, -0.1) is 0 Å². The molecule has 0 fully saturated rings. The molecule has 0 amide bonds. The Kier molecular flexibility index (Phi) is 3.60. The van der Waals surface area contributed by atoms with Crippen molar-refractivity contribution < 1.29 is 9.90 Å². The number of carboxylic acids is 1. The lowest BCUT2D eigenvalue weighted by atomic mass is 9.90. The van der Waals surface area contributed by atoms with Crippen LogP contribution in [-0.2, 0) is 11.3 Å². The number of hydrogen-bond donors (Lipinski definition) is 1. The summed E-state index contributed by atoms with van der Waals surface area (Å²) in [5, 5.41) is 8.73. The average Bonchev–Trinajstić information content (AvgIpc) is 2.32. The van der Waals surface area contributed by atoms with Gasteiger partial charge in [0.05, 0.1) is 11.9 Å². The van der Waals surface area contributed by atoms with E-state index < -0.39 is 5.97 Å². The first-order valence-electron chi connectivity index (χ1n) is 6.04. The van der Waals surface area contributed by atoms with Gasteiger partial charge < -0.3 is 9.67 Å². The molecule has 0 aliphatic heterocycles. The molecular formula is C13H16N2O3. The predicted molar refractivity (Wildman–Crippen MR) is 67.1 cm³/mol. The number of nitrogens with zero attached hydrogens (tertiary/aromatic N) is 2. The zero-order valence-electron chi connectivity index (χ0n) is 10.3. The van der Waals surface area contributed by atoms with Gasteiger partial charge in [-0.25, -0.2) is 4.98 Å². The lowest BCUT2D eigenvalue weighted by molar-refractivity contribution is -0.137. The molecule has 0 spiro atoms. The van der Waals surface area contributed by atoms with Crippen molar-refractivity contribution in [1.82, 2.24) is 9.55 Å². The molecule has 1 heterocycles. The van der Waals surface area contributed by atoms with Crippen molar-refractivity contribution in [2.24, 2.45) is 5.92 Å². The quantitative estimate of drug-likeness (QED) is 0.880. The van der Waals surface area contributed by atoms with Gasteiger partial charge >= 0.3 is 5.97 Å². The van der Waals surface area contributed by atoms with E-state index in [0.29, 0.717) is 11.6 Å². The van der Waals surface area contributed by atoms with Gasteiger partial charge in [0.1, 0.15) is 6.54 Å². The average molecular weight is 248 g/mol. The second kappa shape index (κ2) is 5.16. The van der Waals surface area contributed by atoms with E-state index >= 15 is 0 Å². The van der Waals surface area contributed by atoms with Gasteiger partial charge in [-0.3, -0.25) is 9.59 Å². The topological polar surface area (TPSA) is 72.2 Å². The van der Waals surface area contributed by atoms with Crippen LogP contribution in [0.15, 0.2) is 23.3 Å². The number of rotatable bonds is 3. The number of carbonyl (C=O) groups is 1. The molecule has 1 N–H and O–H groups in total. The summed E-state index contributed by atoms with van der Waals surface area (Å²) < 4.78 is 1.18. The van der Waals surface area contributed by atoms with Gasteiger partial charge in [0.2, 0.25) is 0 Å². The molecule has 18 heavy (non-hydrogen) atoms. The number of carboxylic acid groups (broad SMARTS) is 1. The molecule has 5 nitrogen and oxygen atoms in total. The Morgan fingerprint density at radius 3 is 3.00 bits per heavy atom. The third-order valence-corrected chi connectivity index (χ3v) is 3.18. The van der Waals surface area contributed by atoms with Crippen LogP contribution in [0.5, 0.6) is 0 Å². The van der Waals surface area contributed by atoms with Crippen molar-refractivity contribution in [1.29, 1.82) is 0 Å². The molecular weight excluding hydrogens is 232 g/mol. The molecule has 1 aliphatic carbocycles. The molecule has 2 rings (SSSR count). The van der Waals surface area contributed by atoms with Gasteiger partial charge in [-0.05, 0) is 30.8 Å². The smallest absolute Gasteiger partial charge is 0.323 e. The molecule has 1 aromatic rings. The summed E-state index contributed by atoms with van der Waals surface area (Å²) in [5.41, 5.74) is 1.43. The Morgan fingerprint density at radius 1 is 1.61 bits per heavy atom. The molecule has 96 valence electrons.